The summed E-state index contributed by atoms with van der Waals surface area (Å²) in [7, 11) is 2.07. The molecule has 0 amide bonds. The van der Waals surface area contributed by atoms with E-state index in [0.717, 1.165) is 24.5 Å². The fourth-order valence-corrected chi connectivity index (χ4v) is 2.66. The molecule has 1 heterocycles. The van der Waals surface area contributed by atoms with Gasteiger partial charge in [-0.15, -0.1) is 0 Å². The Bertz CT molecular complexity index is 509. The lowest BCUT2D eigenvalue weighted by molar-refractivity contribution is 0.216. The van der Waals surface area contributed by atoms with Crippen molar-refractivity contribution in [2.45, 2.75) is 53.1 Å². The summed E-state index contributed by atoms with van der Waals surface area (Å²) < 4.78 is 11.3. The predicted octanol–water partition coefficient (Wildman–Crippen LogP) is 3.78. The molecule has 0 fully saturated rings. The van der Waals surface area contributed by atoms with Crippen molar-refractivity contribution in [2.75, 3.05) is 20.3 Å². The van der Waals surface area contributed by atoms with Gasteiger partial charge < -0.3 is 9.47 Å². The molecule has 0 spiro atoms. The van der Waals surface area contributed by atoms with E-state index in [2.05, 4.69) is 30.1 Å². The number of benzene rings is 1. The van der Waals surface area contributed by atoms with Crippen LogP contribution in [-0.2, 0) is 13.0 Å². The SMILES string of the molecule is CC.CCOc1cc2c(cc1OCC)CN(C)C(CC#N)C2. The number of fused-ring (bicyclic) bond motifs is 1. The Morgan fingerprint density at radius 1 is 1.14 bits per heavy atom. The molecule has 0 aliphatic carbocycles. The Labute approximate surface area is 134 Å². The minimum Gasteiger partial charge on any atom is -0.490 e. The predicted molar refractivity (Wildman–Crippen MR) is 89.3 cm³/mol. The standard InChI is InChI=1S/C16H22N2O2.C2H6/c1-4-19-15-9-12-8-14(6-7-17)18(3)11-13(12)10-16(15)20-5-2;1-2/h9-10,14H,4-6,8,11H2,1-3H3;1-2H3. The molecule has 1 aromatic rings. The quantitative estimate of drug-likeness (QED) is 0.830. The molecule has 1 aliphatic rings. The molecule has 122 valence electrons. The van der Waals surface area contributed by atoms with Gasteiger partial charge in [-0.3, -0.25) is 4.90 Å². The zero-order valence-corrected chi connectivity index (χ0v) is 14.5. The smallest absolute Gasteiger partial charge is 0.161 e. The molecular weight excluding hydrogens is 276 g/mol. The maximum absolute atomic E-state index is 8.92. The Kier molecular flexibility index (Phi) is 7.76. The summed E-state index contributed by atoms with van der Waals surface area (Å²) in [6.07, 6.45) is 1.46. The molecule has 2 rings (SSSR count). The molecule has 0 bridgehead atoms. The van der Waals surface area contributed by atoms with E-state index >= 15 is 0 Å². The minimum absolute atomic E-state index is 0.292. The molecule has 0 N–H and O–H groups in total. The van der Waals surface area contributed by atoms with Gasteiger partial charge in [0.05, 0.1) is 25.7 Å². The summed E-state index contributed by atoms with van der Waals surface area (Å²) in [4.78, 5) is 2.24. The second-order valence-corrected chi connectivity index (χ2v) is 5.07. The number of hydrogen-bond donors (Lipinski definition) is 0. The zero-order valence-electron chi connectivity index (χ0n) is 14.5. The highest BCUT2D eigenvalue weighted by molar-refractivity contribution is 5.48. The van der Waals surface area contributed by atoms with E-state index in [1.54, 1.807) is 0 Å². The lowest BCUT2D eigenvalue weighted by Gasteiger charge is -2.33. The van der Waals surface area contributed by atoms with Crippen molar-refractivity contribution in [2.24, 2.45) is 0 Å². The van der Waals surface area contributed by atoms with Crippen LogP contribution in [0.4, 0.5) is 0 Å². The molecule has 0 saturated heterocycles. The van der Waals surface area contributed by atoms with Crippen molar-refractivity contribution in [3.8, 4) is 17.6 Å². The second-order valence-electron chi connectivity index (χ2n) is 5.07. The lowest BCUT2D eigenvalue weighted by Crippen LogP contribution is -2.37. The van der Waals surface area contributed by atoms with Crippen LogP contribution in [-0.4, -0.2) is 31.2 Å². The van der Waals surface area contributed by atoms with Gasteiger partial charge in [0, 0.05) is 12.6 Å². The Balaban J connectivity index is 0.00000116. The first-order valence-electron chi connectivity index (χ1n) is 8.18. The summed E-state index contributed by atoms with van der Waals surface area (Å²) in [5.74, 6) is 1.63. The van der Waals surface area contributed by atoms with Crippen LogP contribution >= 0.6 is 0 Å². The third kappa shape index (κ3) is 4.38. The molecular formula is C18H28N2O2. The van der Waals surface area contributed by atoms with Gasteiger partial charge in [-0.2, -0.15) is 5.26 Å². The number of nitriles is 1. The first kappa shape index (κ1) is 18.3. The van der Waals surface area contributed by atoms with E-state index in [1.165, 1.54) is 11.1 Å². The molecule has 0 aromatic heterocycles. The monoisotopic (exact) mass is 304 g/mol. The van der Waals surface area contributed by atoms with Crippen LogP contribution in [0, 0.1) is 11.3 Å². The number of nitrogens with zero attached hydrogens (tertiary/aromatic N) is 2. The van der Waals surface area contributed by atoms with Crippen molar-refractivity contribution < 1.29 is 9.47 Å². The maximum atomic E-state index is 8.92. The van der Waals surface area contributed by atoms with Gasteiger partial charge in [-0.1, -0.05) is 13.8 Å². The van der Waals surface area contributed by atoms with E-state index in [-0.39, 0.29) is 0 Å². The molecule has 1 aliphatic heterocycles. The first-order chi connectivity index (χ1) is 10.7. The molecule has 1 unspecified atom stereocenters. The van der Waals surface area contributed by atoms with Crippen molar-refractivity contribution in [1.82, 2.24) is 4.90 Å². The molecule has 1 atom stereocenters. The van der Waals surface area contributed by atoms with E-state index in [4.69, 9.17) is 14.7 Å². The highest BCUT2D eigenvalue weighted by Crippen LogP contribution is 2.35. The van der Waals surface area contributed by atoms with Gasteiger partial charge in [-0.25, -0.2) is 0 Å². The molecule has 22 heavy (non-hydrogen) atoms. The highest BCUT2D eigenvalue weighted by atomic mass is 16.5. The maximum Gasteiger partial charge on any atom is 0.161 e. The Morgan fingerprint density at radius 2 is 1.68 bits per heavy atom. The molecule has 1 aromatic carbocycles. The van der Waals surface area contributed by atoms with Gasteiger partial charge >= 0.3 is 0 Å². The first-order valence-corrected chi connectivity index (χ1v) is 8.18. The topological polar surface area (TPSA) is 45.5 Å². The highest BCUT2D eigenvalue weighted by Gasteiger charge is 2.25. The number of likely N-dealkylation sites (N-methyl/N-ethyl adjacent to an activating group) is 1. The van der Waals surface area contributed by atoms with Gasteiger partial charge in [0.1, 0.15) is 0 Å². The van der Waals surface area contributed by atoms with Gasteiger partial charge in [0.15, 0.2) is 11.5 Å². The van der Waals surface area contributed by atoms with Crippen molar-refractivity contribution >= 4 is 0 Å². The Morgan fingerprint density at radius 3 is 2.18 bits per heavy atom. The van der Waals surface area contributed by atoms with E-state index in [0.29, 0.717) is 25.7 Å². The van der Waals surface area contributed by atoms with E-state index in [9.17, 15) is 0 Å². The average molecular weight is 304 g/mol. The number of hydrogen-bond acceptors (Lipinski definition) is 4. The summed E-state index contributed by atoms with van der Waals surface area (Å²) in [5, 5.41) is 8.92. The van der Waals surface area contributed by atoms with Crippen LogP contribution in [0.5, 0.6) is 11.5 Å². The largest absolute Gasteiger partial charge is 0.490 e. The van der Waals surface area contributed by atoms with Crippen molar-refractivity contribution in [3.05, 3.63) is 23.3 Å². The minimum atomic E-state index is 0.292. The zero-order chi connectivity index (χ0) is 16.5. The summed E-state index contributed by atoms with van der Waals surface area (Å²) >= 11 is 0. The van der Waals surface area contributed by atoms with E-state index in [1.807, 2.05) is 27.7 Å². The molecule has 4 heteroatoms. The van der Waals surface area contributed by atoms with Crippen molar-refractivity contribution in [1.29, 1.82) is 5.26 Å². The average Bonchev–Trinajstić information content (AvgIpc) is 2.52. The number of ether oxygens (including phenoxy) is 2. The fraction of sp³-hybridized carbons (Fsp3) is 0.611. The van der Waals surface area contributed by atoms with Crippen LogP contribution in [0.1, 0.15) is 45.2 Å². The van der Waals surface area contributed by atoms with Gasteiger partial charge in [0.25, 0.3) is 0 Å². The van der Waals surface area contributed by atoms with Gasteiger partial charge in [0.2, 0.25) is 0 Å². The normalized spacial score (nSPS) is 16.8. The van der Waals surface area contributed by atoms with Crippen LogP contribution in [0.3, 0.4) is 0 Å². The third-order valence-electron chi connectivity index (χ3n) is 3.69. The molecule has 0 saturated carbocycles. The van der Waals surface area contributed by atoms with Crippen LogP contribution in [0.25, 0.3) is 0 Å². The second kappa shape index (κ2) is 9.32. The van der Waals surface area contributed by atoms with E-state index < -0.39 is 0 Å². The van der Waals surface area contributed by atoms with Crippen LogP contribution in [0.2, 0.25) is 0 Å². The fourth-order valence-electron chi connectivity index (χ4n) is 2.66. The molecule has 0 radical (unpaired) electrons. The summed E-state index contributed by atoms with van der Waals surface area (Å²) in [6.45, 7) is 10.1. The lowest BCUT2D eigenvalue weighted by atomic mass is 9.92. The summed E-state index contributed by atoms with van der Waals surface area (Å²) in [5.41, 5.74) is 2.55. The third-order valence-corrected chi connectivity index (χ3v) is 3.69. The summed E-state index contributed by atoms with van der Waals surface area (Å²) in [6, 6.07) is 6.73. The van der Waals surface area contributed by atoms with Crippen molar-refractivity contribution in [3.63, 3.8) is 0 Å². The van der Waals surface area contributed by atoms with Crippen LogP contribution < -0.4 is 9.47 Å². The Hall–Kier alpha value is -1.73. The molecule has 4 nitrogen and oxygen atoms in total. The van der Waals surface area contributed by atoms with Crippen LogP contribution in [0.15, 0.2) is 12.1 Å². The van der Waals surface area contributed by atoms with Gasteiger partial charge in [-0.05, 0) is 50.6 Å². The number of rotatable bonds is 5.